The third-order valence-corrected chi connectivity index (χ3v) is 2.74. The highest BCUT2D eigenvalue weighted by molar-refractivity contribution is 5.72. The van der Waals surface area contributed by atoms with Crippen LogP contribution in [-0.4, -0.2) is 0 Å². The molecule has 0 aliphatic heterocycles. The average molecular weight is 265 g/mol. The van der Waals surface area contributed by atoms with Crippen LogP contribution < -0.4 is 11.1 Å². The number of nitriles is 1. The van der Waals surface area contributed by atoms with Crippen LogP contribution in [0, 0.1) is 18.3 Å². The standard InChI is InChI=1S/C16H15N3O/c1-11-7-8-14(20-11)9-13(10-17)12(2)19-16-6-4-3-5-15(16)18/h3-9,19H,2,18H2,1H3/b13-9+. The molecule has 4 nitrogen and oxygen atoms in total. The average Bonchev–Trinajstić information content (AvgIpc) is 2.84. The zero-order valence-electron chi connectivity index (χ0n) is 11.2. The van der Waals surface area contributed by atoms with Gasteiger partial charge in [-0.2, -0.15) is 5.26 Å². The molecule has 100 valence electrons. The van der Waals surface area contributed by atoms with Gasteiger partial charge < -0.3 is 15.5 Å². The molecular formula is C16H15N3O. The number of nitrogen functional groups attached to an aromatic ring is 1. The summed E-state index contributed by atoms with van der Waals surface area (Å²) in [5, 5.41) is 12.3. The van der Waals surface area contributed by atoms with Crippen molar-refractivity contribution in [1.82, 2.24) is 0 Å². The van der Waals surface area contributed by atoms with Crippen molar-refractivity contribution in [3.05, 3.63) is 65.8 Å². The Morgan fingerprint density at radius 3 is 2.70 bits per heavy atom. The number of hydrogen-bond acceptors (Lipinski definition) is 4. The molecule has 0 saturated carbocycles. The lowest BCUT2D eigenvalue weighted by Gasteiger charge is -2.10. The number of hydrogen-bond donors (Lipinski definition) is 2. The van der Waals surface area contributed by atoms with Gasteiger partial charge in [-0.05, 0) is 31.2 Å². The third kappa shape index (κ3) is 3.09. The van der Waals surface area contributed by atoms with Crippen molar-refractivity contribution in [2.24, 2.45) is 0 Å². The lowest BCUT2D eigenvalue weighted by Crippen LogP contribution is -2.02. The van der Waals surface area contributed by atoms with Crippen molar-refractivity contribution in [3.8, 4) is 6.07 Å². The number of nitrogens with zero attached hydrogens (tertiary/aromatic N) is 1. The van der Waals surface area contributed by atoms with E-state index in [1.165, 1.54) is 0 Å². The first-order chi connectivity index (χ1) is 9.60. The van der Waals surface area contributed by atoms with Gasteiger partial charge in [0, 0.05) is 11.8 Å². The van der Waals surface area contributed by atoms with Crippen LogP contribution >= 0.6 is 0 Å². The Bertz CT molecular complexity index is 705. The van der Waals surface area contributed by atoms with Crippen LogP contribution in [-0.2, 0) is 0 Å². The van der Waals surface area contributed by atoms with Crippen molar-refractivity contribution < 1.29 is 4.42 Å². The largest absolute Gasteiger partial charge is 0.462 e. The lowest BCUT2D eigenvalue weighted by molar-refractivity contribution is 0.525. The second-order valence-electron chi connectivity index (χ2n) is 4.31. The summed E-state index contributed by atoms with van der Waals surface area (Å²) in [6.07, 6.45) is 1.64. The van der Waals surface area contributed by atoms with Crippen LogP contribution in [0.1, 0.15) is 11.5 Å². The number of allylic oxidation sites excluding steroid dienone is 1. The molecule has 1 aromatic heterocycles. The van der Waals surface area contributed by atoms with E-state index in [1.807, 2.05) is 31.2 Å². The van der Waals surface area contributed by atoms with Crippen LogP contribution in [0.3, 0.4) is 0 Å². The lowest BCUT2D eigenvalue weighted by atomic mass is 10.1. The van der Waals surface area contributed by atoms with Gasteiger partial charge in [0.05, 0.1) is 16.9 Å². The maximum atomic E-state index is 9.22. The molecule has 1 aromatic carbocycles. The molecule has 3 N–H and O–H groups in total. The molecule has 0 aliphatic rings. The number of rotatable bonds is 4. The van der Waals surface area contributed by atoms with Crippen molar-refractivity contribution in [2.45, 2.75) is 6.92 Å². The molecule has 2 rings (SSSR count). The Hall–Kier alpha value is -2.93. The Morgan fingerprint density at radius 2 is 2.10 bits per heavy atom. The Labute approximate surface area is 117 Å². The molecule has 0 aliphatic carbocycles. The minimum atomic E-state index is 0.391. The maximum absolute atomic E-state index is 9.22. The zero-order chi connectivity index (χ0) is 14.5. The predicted molar refractivity (Wildman–Crippen MR) is 80.7 cm³/mol. The fraction of sp³-hybridized carbons (Fsp3) is 0.0625. The first-order valence-electron chi connectivity index (χ1n) is 6.09. The van der Waals surface area contributed by atoms with Gasteiger partial charge in [-0.25, -0.2) is 0 Å². The Morgan fingerprint density at radius 1 is 1.35 bits per heavy atom. The highest BCUT2D eigenvalue weighted by Gasteiger charge is 2.06. The van der Waals surface area contributed by atoms with Gasteiger partial charge in [0.15, 0.2) is 0 Å². The van der Waals surface area contributed by atoms with Crippen LogP contribution in [0.15, 0.2) is 58.7 Å². The minimum Gasteiger partial charge on any atom is -0.462 e. The summed E-state index contributed by atoms with van der Waals surface area (Å²) in [6.45, 7) is 5.71. The number of furan rings is 1. The maximum Gasteiger partial charge on any atom is 0.128 e. The molecule has 0 spiro atoms. The number of anilines is 2. The van der Waals surface area contributed by atoms with E-state index in [0.717, 1.165) is 5.76 Å². The summed E-state index contributed by atoms with van der Waals surface area (Å²) < 4.78 is 5.42. The van der Waals surface area contributed by atoms with Crippen LogP contribution in [0.2, 0.25) is 0 Å². The van der Waals surface area contributed by atoms with E-state index in [9.17, 15) is 5.26 Å². The number of para-hydroxylation sites is 2. The molecule has 0 bridgehead atoms. The molecule has 1 heterocycles. The summed E-state index contributed by atoms with van der Waals surface area (Å²) in [6, 6.07) is 13.0. The van der Waals surface area contributed by atoms with Crippen molar-refractivity contribution >= 4 is 17.5 Å². The van der Waals surface area contributed by atoms with E-state index in [1.54, 1.807) is 18.2 Å². The Balaban J connectivity index is 2.21. The van der Waals surface area contributed by atoms with Crippen LogP contribution in [0.4, 0.5) is 11.4 Å². The van der Waals surface area contributed by atoms with E-state index in [-0.39, 0.29) is 0 Å². The fourth-order valence-electron chi connectivity index (χ4n) is 1.70. The molecule has 0 atom stereocenters. The number of nitrogens with one attached hydrogen (secondary N) is 1. The fourth-order valence-corrected chi connectivity index (χ4v) is 1.70. The predicted octanol–water partition coefficient (Wildman–Crippen LogP) is 3.70. The second-order valence-corrected chi connectivity index (χ2v) is 4.31. The van der Waals surface area contributed by atoms with E-state index in [4.69, 9.17) is 10.2 Å². The number of aryl methyl sites for hydroxylation is 1. The van der Waals surface area contributed by atoms with Crippen LogP contribution in [0.25, 0.3) is 6.08 Å². The Kier molecular flexibility index (Phi) is 3.92. The van der Waals surface area contributed by atoms with E-state index < -0.39 is 0 Å². The van der Waals surface area contributed by atoms with Gasteiger partial charge in [0.2, 0.25) is 0 Å². The highest BCUT2D eigenvalue weighted by Crippen LogP contribution is 2.22. The summed E-state index contributed by atoms with van der Waals surface area (Å²) in [4.78, 5) is 0. The van der Waals surface area contributed by atoms with Gasteiger partial charge in [-0.1, -0.05) is 18.7 Å². The third-order valence-electron chi connectivity index (χ3n) is 2.74. The molecular weight excluding hydrogens is 250 g/mol. The smallest absolute Gasteiger partial charge is 0.128 e. The van der Waals surface area contributed by atoms with E-state index in [0.29, 0.717) is 28.4 Å². The van der Waals surface area contributed by atoms with Crippen LogP contribution in [0.5, 0.6) is 0 Å². The summed E-state index contributed by atoms with van der Waals surface area (Å²) in [7, 11) is 0. The van der Waals surface area contributed by atoms with Gasteiger partial charge >= 0.3 is 0 Å². The normalized spacial score (nSPS) is 10.9. The summed E-state index contributed by atoms with van der Waals surface area (Å²) in [5.41, 5.74) is 8.02. The molecule has 20 heavy (non-hydrogen) atoms. The number of nitrogens with two attached hydrogens (primary N) is 1. The highest BCUT2D eigenvalue weighted by atomic mass is 16.3. The van der Waals surface area contributed by atoms with Crippen molar-refractivity contribution in [3.63, 3.8) is 0 Å². The molecule has 0 amide bonds. The van der Waals surface area contributed by atoms with Gasteiger partial charge in [-0.3, -0.25) is 0 Å². The monoisotopic (exact) mass is 265 g/mol. The van der Waals surface area contributed by atoms with E-state index in [2.05, 4.69) is 18.0 Å². The summed E-state index contributed by atoms with van der Waals surface area (Å²) >= 11 is 0. The van der Waals surface area contributed by atoms with Gasteiger partial charge in [0.25, 0.3) is 0 Å². The topological polar surface area (TPSA) is 75.0 Å². The first kappa shape index (κ1) is 13.5. The molecule has 0 saturated heterocycles. The minimum absolute atomic E-state index is 0.391. The van der Waals surface area contributed by atoms with Crippen molar-refractivity contribution in [1.29, 1.82) is 5.26 Å². The molecule has 4 heteroatoms. The quantitative estimate of drug-likeness (QED) is 0.502. The van der Waals surface area contributed by atoms with Crippen molar-refractivity contribution in [2.75, 3.05) is 11.1 Å². The number of benzene rings is 1. The van der Waals surface area contributed by atoms with Gasteiger partial charge in [0.1, 0.15) is 17.6 Å². The van der Waals surface area contributed by atoms with E-state index >= 15 is 0 Å². The van der Waals surface area contributed by atoms with Gasteiger partial charge in [-0.15, -0.1) is 0 Å². The second kappa shape index (κ2) is 5.81. The summed E-state index contributed by atoms with van der Waals surface area (Å²) in [5.74, 6) is 1.41. The molecule has 0 unspecified atom stereocenters. The SMILES string of the molecule is C=C(Nc1ccccc1N)/C(C#N)=C/c1ccc(C)o1. The molecule has 2 aromatic rings. The molecule has 0 fully saturated rings. The first-order valence-corrected chi connectivity index (χ1v) is 6.09. The molecule has 0 radical (unpaired) electrons. The zero-order valence-corrected chi connectivity index (χ0v) is 11.2.